The van der Waals surface area contributed by atoms with Gasteiger partial charge in [-0.3, -0.25) is 9.48 Å². The Labute approximate surface area is 93.8 Å². The van der Waals surface area contributed by atoms with E-state index in [9.17, 15) is 4.79 Å². The monoisotopic (exact) mass is 227 g/mol. The van der Waals surface area contributed by atoms with E-state index < -0.39 is 0 Å². The fourth-order valence-corrected chi connectivity index (χ4v) is 2.01. The molecule has 0 aliphatic carbocycles. The predicted molar refractivity (Wildman–Crippen MR) is 58.1 cm³/mol. The molecule has 2 heterocycles. The molecule has 0 saturated carbocycles. The number of halogens is 1. The molecule has 1 fully saturated rings. The van der Waals surface area contributed by atoms with Gasteiger partial charge < -0.3 is 4.90 Å². The van der Waals surface area contributed by atoms with Crippen molar-refractivity contribution >= 4 is 17.5 Å². The van der Waals surface area contributed by atoms with Crippen LogP contribution in [0.1, 0.15) is 16.1 Å². The van der Waals surface area contributed by atoms with Crippen molar-refractivity contribution < 1.29 is 4.79 Å². The van der Waals surface area contributed by atoms with E-state index in [2.05, 4.69) is 5.10 Å². The number of carbonyl (C=O) groups is 1. The van der Waals surface area contributed by atoms with Gasteiger partial charge in [0.05, 0.1) is 11.3 Å². The maximum absolute atomic E-state index is 12.0. The molecule has 0 radical (unpaired) electrons. The van der Waals surface area contributed by atoms with Gasteiger partial charge in [-0.15, -0.1) is 11.6 Å². The van der Waals surface area contributed by atoms with Gasteiger partial charge in [-0.05, 0) is 6.92 Å². The van der Waals surface area contributed by atoms with Crippen LogP contribution in [0.2, 0.25) is 0 Å². The standard InChI is InChI=1S/C10H14ClN3O/c1-7-9(6-13(2)12-7)10(15)14-4-8(3-11)5-14/h6,8H,3-5H2,1-2H3. The number of aromatic nitrogens is 2. The molecule has 1 saturated heterocycles. The number of likely N-dealkylation sites (tertiary alicyclic amines) is 1. The first-order valence-electron chi connectivity index (χ1n) is 4.97. The summed E-state index contributed by atoms with van der Waals surface area (Å²) >= 11 is 5.70. The summed E-state index contributed by atoms with van der Waals surface area (Å²) in [6.07, 6.45) is 1.77. The molecule has 82 valence electrons. The summed E-state index contributed by atoms with van der Waals surface area (Å²) in [5.74, 6) is 1.17. The summed E-state index contributed by atoms with van der Waals surface area (Å²) in [4.78, 5) is 13.8. The summed E-state index contributed by atoms with van der Waals surface area (Å²) < 4.78 is 1.67. The first-order valence-corrected chi connectivity index (χ1v) is 5.50. The molecular weight excluding hydrogens is 214 g/mol. The van der Waals surface area contributed by atoms with Gasteiger partial charge in [0.2, 0.25) is 0 Å². The van der Waals surface area contributed by atoms with Crippen molar-refractivity contribution in [3.05, 3.63) is 17.5 Å². The van der Waals surface area contributed by atoms with Gasteiger partial charge in [0.15, 0.2) is 0 Å². The van der Waals surface area contributed by atoms with Gasteiger partial charge in [-0.2, -0.15) is 5.10 Å². The molecule has 15 heavy (non-hydrogen) atoms. The largest absolute Gasteiger partial charge is 0.338 e. The molecule has 1 amide bonds. The Morgan fingerprint density at radius 1 is 1.67 bits per heavy atom. The first-order chi connectivity index (χ1) is 7.11. The second-order valence-corrected chi connectivity index (χ2v) is 4.34. The Bertz CT molecular complexity index is 382. The highest BCUT2D eigenvalue weighted by atomic mass is 35.5. The van der Waals surface area contributed by atoms with E-state index in [1.165, 1.54) is 0 Å². The summed E-state index contributed by atoms with van der Waals surface area (Å²) in [7, 11) is 1.82. The van der Waals surface area contributed by atoms with Crippen LogP contribution in [0.3, 0.4) is 0 Å². The minimum atomic E-state index is 0.0713. The highest BCUT2D eigenvalue weighted by Crippen LogP contribution is 2.20. The smallest absolute Gasteiger partial charge is 0.257 e. The molecule has 0 N–H and O–H groups in total. The van der Waals surface area contributed by atoms with Crippen LogP contribution < -0.4 is 0 Å². The van der Waals surface area contributed by atoms with Crippen molar-refractivity contribution in [3.63, 3.8) is 0 Å². The normalized spacial score (nSPS) is 16.6. The Morgan fingerprint density at radius 3 is 2.80 bits per heavy atom. The van der Waals surface area contributed by atoms with Crippen LogP contribution in [0, 0.1) is 12.8 Å². The van der Waals surface area contributed by atoms with E-state index in [-0.39, 0.29) is 5.91 Å². The number of rotatable bonds is 2. The maximum Gasteiger partial charge on any atom is 0.257 e. The molecule has 4 nitrogen and oxygen atoms in total. The number of aryl methyl sites for hydroxylation is 2. The van der Waals surface area contributed by atoms with Gasteiger partial charge in [-0.25, -0.2) is 0 Å². The third-order valence-electron chi connectivity index (χ3n) is 2.71. The number of nitrogens with zero attached hydrogens (tertiary/aromatic N) is 3. The Balaban J connectivity index is 2.06. The SMILES string of the molecule is Cc1nn(C)cc1C(=O)N1CC(CCl)C1. The zero-order valence-corrected chi connectivity index (χ0v) is 9.66. The fourth-order valence-electron chi connectivity index (χ4n) is 1.81. The van der Waals surface area contributed by atoms with E-state index in [0.29, 0.717) is 17.4 Å². The second kappa shape index (κ2) is 3.85. The lowest BCUT2D eigenvalue weighted by molar-refractivity contribution is 0.0535. The number of carbonyl (C=O) groups excluding carboxylic acids is 1. The number of amides is 1. The van der Waals surface area contributed by atoms with Crippen molar-refractivity contribution in [3.8, 4) is 0 Å². The molecular formula is C10H14ClN3O. The Kier molecular flexibility index (Phi) is 2.69. The van der Waals surface area contributed by atoms with Gasteiger partial charge in [0.25, 0.3) is 5.91 Å². The van der Waals surface area contributed by atoms with Gasteiger partial charge in [0.1, 0.15) is 0 Å². The van der Waals surface area contributed by atoms with Crippen LogP contribution in [0.5, 0.6) is 0 Å². The molecule has 0 unspecified atom stereocenters. The van der Waals surface area contributed by atoms with Crippen LogP contribution >= 0.6 is 11.6 Å². The third-order valence-corrected chi connectivity index (χ3v) is 3.14. The Morgan fingerprint density at radius 2 is 2.33 bits per heavy atom. The van der Waals surface area contributed by atoms with Crippen molar-refractivity contribution in [1.82, 2.24) is 14.7 Å². The lowest BCUT2D eigenvalue weighted by atomic mass is 10.0. The maximum atomic E-state index is 12.0. The third kappa shape index (κ3) is 1.86. The molecule has 1 aliphatic heterocycles. The van der Waals surface area contributed by atoms with Gasteiger partial charge in [0, 0.05) is 38.1 Å². The fraction of sp³-hybridized carbons (Fsp3) is 0.600. The van der Waals surface area contributed by atoms with Crippen molar-refractivity contribution in [1.29, 1.82) is 0 Å². The molecule has 1 aromatic rings. The Hall–Kier alpha value is -1.03. The molecule has 0 aromatic carbocycles. The topological polar surface area (TPSA) is 38.1 Å². The zero-order chi connectivity index (χ0) is 11.0. The number of hydrogen-bond donors (Lipinski definition) is 0. The first kappa shape index (κ1) is 10.5. The number of alkyl halides is 1. The van der Waals surface area contributed by atoms with E-state index in [1.54, 1.807) is 10.9 Å². The lowest BCUT2D eigenvalue weighted by Gasteiger charge is -2.38. The minimum Gasteiger partial charge on any atom is -0.338 e. The molecule has 5 heteroatoms. The quantitative estimate of drug-likeness (QED) is 0.709. The highest BCUT2D eigenvalue weighted by Gasteiger charge is 2.31. The number of hydrogen-bond acceptors (Lipinski definition) is 2. The van der Waals surface area contributed by atoms with E-state index in [1.807, 2.05) is 18.9 Å². The van der Waals surface area contributed by atoms with Crippen molar-refractivity contribution in [2.24, 2.45) is 13.0 Å². The van der Waals surface area contributed by atoms with Crippen LogP contribution in [0.15, 0.2) is 6.20 Å². The van der Waals surface area contributed by atoms with Crippen molar-refractivity contribution in [2.45, 2.75) is 6.92 Å². The van der Waals surface area contributed by atoms with Crippen LogP contribution in [-0.4, -0.2) is 39.6 Å². The molecule has 2 rings (SSSR count). The van der Waals surface area contributed by atoms with E-state index in [0.717, 1.165) is 18.8 Å². The predicted octanol–water partition coefficient (Wildman–Crippen LogP) is 1.04. The van der Waals surface area contributed by atoms with Crippen LogP contribution in [-0.2, 0) is 7.05 Å². The summed E-state index contributed by atoms with van der Waals surface area (Å²) in [5, 5.41) is 4.16. The average molecular weight is 228 g/mol. The summed E-state index contributed by atoms with van der Waals surface area (Å²) in [5.41, 5.74) is 1.49. The van der Waals surface area contributed by atoms with Gasteiger partial charge >= 0.3 is 0 Å². The molecule has 1 aromatic heterocycles. The molecule has 0 spiro atoms. The second-order valence-electron chi connectivity index (χ2n) is 4.03. The van der Waals surface area contributed by atoms with Crippen molar-refractivity contribution in [2.75, 3.05) is 19.0 Å². The molecule has 0 atom stereocenters. The highest BCUT2D eigenvalue weighted by molar-refractivity contribution is 6.18. The average Bonchev–Trinajstić information content (AvgIpc) is 2.43. The van der Waals surface area contributed by atoms with Crippen LogP contribution in [0.4, 0.5) is 0 Å². The minimum absolute atomic E-state index is 0.0713. The van der Waals surface area contributed by atoms with Crippen LogP contribution in [0.25, 0.3) is 0 Å². The zero-order valence-electron chi connectivity index (χ0n) is 8.90. The van der Waals surface area contributed by atoms with E-state index >= 15 is 0 Å². The summed E-state index contributed by atoms with van der Waals surface area (Å²) in [6, 6.07) is 0. The lowest BCUT2D eigenvalue weighted by Crippen LogP contribution is -2.50. The molecule has 0 bridgehead atoms. The molecule has 1 aliphatic rings. The van der Waals surface area contributed by atoms with E-state index in [4.69, 9.17) is 11.6 Å². The van der Waals surface area contributed by atoms with Gasteiger partial charge in [-0.1, -0.05) is 0 Å². The summed E-state index contributed by atoms with van der Waals surface area (Å²) in [6.45, 7) is 3.40.